The number of hydrogen-bond donors (Lipinski definition) is 2. The molecule has 0 amide bonds. The third-order valence-corrected chi connectivity index (χ3v) is 8.51. The van der Waals surface area contributed by atoms with Crippen molar-refractivity contribution in [1.82, 2.24) is 20.2 Å². The normalized spacial score (nSPS) is 15.6. The Kier molecular flexibility index (Phi) is 6.16. The molecule has 0 fully saturated rings. The standard InChI is InChI=1S/C22H23N5O2S3/c1-3-29-15-7-5-4-6-14(15)23-21-26-27-22(32-21)30-11-17-24-19(28)18-13-9-8-12(2)10-16(13)31-20(18)25-17/h4-7,12H,3,8-11H2,1-2H3,(H,23,26)(H,24,25,28)/t12-/m0/s1. The van der Waals surface area contributed by atoms with Crippen LogP contribution >= 0.6 is 34.4 Å². The van der Waals surface area contributed by atoms with Gasteiger partial charge in [-0.2, -0.15) is 0 Å². The summed E-state index contributed by atoms with van der Waals surface area (Å²) in [4.78, 5) is 22.7. The highest BCUT2D eigenvalue weighted by molar-refractivity contribution is 8.00. The van der Waals surface area contributed by atoms with Gasteiger partial charge in [0.1, 0.15) is 16.4 Å². The van der Waals surface area contributed by atoms with Crippen LogP contribution in [0.1, 0.15) is 36.5 Å². The molecule has 0 aliphatic heterocycles. The number of aromatic amines is 1. The number of aromatic nitrogens is 4. The van der Waals surface area contributed by atoms with E-state index in [1.807, 2.05) is 31.2 Å². The number of nitrogens with zero attached hydrogens (tertiary/aromatic N) is 3. The molecule has 1 aromatic carbocycles. The van der Waals surface area contributed by atoms with Crippen molar-refractivity contribution in [2.45, 2.75) is 43.2 Å². The van der Waals surface area contributed by atoms with E-state index in [1.54, 1.807) is 11.3 Å². The maximum absolute atomic E-state index is 12.8. The predicted molar refractivity (Wildman–Crippen MR) is 132 cm³/mol. The first-order valence-electron chi connectivity index (χ1n) is 10.6. The summed E-state index contributed by atoms with van der Waals surface area (Å²) in [6.45, 7) is 4.82. The minimum atomic E-state index is -0.0233. The van der Waals surface area contributed by atoms with Crippen LogP contribution in [0.3, 0.4) is 0 Å². The number of rotatable bonds is 7. The lowest BCUT2D eigenvalue weighted by Crippen LogP contribution is -2.14. The van der Waals surface area contributed by atoms with Crippen LogP contribution in [0.4, 0.5) is 10.8 Å². The van der Waals surface area contributed by atoms with Crippen molar-refractivity contribution in [3.05, 3.63) is 50.9 Å². The number of thioether (sulfide) groups is 1. The Morgan fingerprint density at radius 1 is 1.28 bits per heavy atom. The SMILES string of the molecule is CCOc1ccccc1Nc1nnc(SCc2nc3sc4c(c3c(=O)[nH]2)CC[C@H](C)C4)s1. The minimum Gasteiger partial charge on any atom is -0.492 e. The molecule has 3 heterocycles. The Hall–Kier alpha value is -2.43. The number of anilines is 2. The van der Waals surface area contributed by atoms with Crippen molar-refractivity contribution in [3.8, 4) is 5.75 Å². The largest absolute Gasteiger partial charge is 0.492 e. The molecule has 0 unspecified atom stereocenters. The van der Waals surface area contributed by atoms with E-state index in [9.17, 15) is 4.79 Å². The van der Waals surface area contributed by atoms with Crippen molar-refractivity contribution >= 4 is 55.5 Å². The minimum absolute atomic E-state index is 0.0233. The quantitative estimate of drug-likeness (QED) is 0.339. The van der Waals surface area contributed by atoms with Crippen molar-refractivity contribution in [3.63, 3.8) is 0 Å². The Bertz CT molecular complexity index is 1310. The third-order valence-electron chi connectivity index (χ3n) is 5.38. The number of benzene rings is 1. The van der Waals surface area contributed by atoms with Crippen molar-refractivity contribution in [2.75, 3.05) is 11.9 Å². The highest BCUT2D eigenvalue weighted by atomic mass is 32.2. The van der Waals surface area contributed by atoms with E-state index < -0.39 is 0 Å². The fraction of sp³-hybridized carbons (Fsp3) is 0.364. The molecule has 0 radical (unpaired) electrons. The molecule has 4 aromatic rings. The maximum Gasteiger partial charge on any atom is 0.259 e. The molecule has 0 saturated carbocycles. The monoisotopic (exact) mass is 485 g/mol. The topological polar surface area (TPSA) is 92.8 Å². The highest BCUT2D eigenvalue weighted by Crippen LogP contribution is 2.36. The molecule has 0 saturated heterocycles. The van der Waals surface area contributed by atoms with Crippen LogP contribution in [-0.2, 0) is 18.6 Å². The smallest absolute Gasteiger partial charge is 0.259 e. The first-order valence-corrected chi connectivity index (χ1v) is 13.2. The van der Waals surface area contributed by atoms with Crippen LogP contribution in [-0.4, -0.2) is 26.8 Å². The summed E-state index contributed by atoms with van der Waals surface area (Å²) in [6.07, 6.45) is 3.16. The van der Waals surface area contributed by atoms with Crippen LogP contribution in [0.5, 0.6) is 5.75 Å². The number of aryl methyl sites for hydroxylation is 1. The molecule has 1 aliphatic carbocycles. The second-order valence-corrected chi connectivity index (χ2v) is 11.0. The van der Waals surface area contributed by atoms with Gasteiger partial charge in [0.15, 0.2) is 4.34 Å². The van der Waals surface area contributed by atoms with Gasteiger partial charge in [-0.15, -0.1) is 21.5 Å². The fourth-order valence-corrected chi connectivity index (χ4v) is 6.91. The Labute approximate surface area is 197 Å². The number of fused-ring (bicyclic) bond motifs is 3. The van der Waals surface area contributed by atoms with E-state index in [2.05, 4.69) is 27.4 Å². The molecule has 1 aliphatic rings. The van der Waals surface area contributed by atoms with E-state index in [0.717, 1.165) is 45.3 Å². The molecule has 10 heteroatoms. The average Bonchev–Trinajstić information content (AvgIpc) is 3.37. The van der Waals surface area contributed by atoms with Gasteiger partial charge in [-0.3, -0.25) is 4.79 Å². The van der Waals surface area contributed by atoms with Gasteiger partial charge in [-0.1, -0.05) is 42.2 Å². The summed E-state index contributed by atoms with van der Waals surface area (Å²) >= 11 is 4.65. The van der Waals surface area contributed by atoms with Gasteiger partial charge in [0.25, 0.3) is 5.56 Å². The number of thiophene rings is 1. The van der Waals surface area contributed by atoms with Gasteiger partial charge in [0.05, 0.1) is 23.4 Å². The van der Waals surface area contributed by atoms with Gasteiger partial charge in [0.2, 0.25) is 5.13 Å². The van der Waals surface area contributed by atoms with Crippen LogP contribution in [0.25, 0.3) is 10.2 Å². The molecule has 0 spiro atoms. The first-order chi connectivity index (χ1) is 15.6. The summed E-state index contributed by atoms with van der Waals surface area (Å²) < 4.78 is 6.46. The van der Waals surface area contributed by atoms with Crippen LogP contribution in [0.15, 0.2) is 33.4 Å². The number of hydrogen-bond acceptors (Lipinski definition) is 9. The number of nitrogens with one attached hydrogen (secondary N) is 2. The van der Waals surface area contributed by atoms with Crippen LogP contribution < -0.4 is 15.6 Å². The van der Waals surface area contributed by atoms with Gasteiger partial charge in [-0.25, -0.2) is 4.98 Å². The van der Waals surface area contributed by atoms with E-state index >= 15 is 0 Å². The number of H-pyrrole nitrogens is 1. The van der Waals surface area contributed by atoms with E-state index in [-0.39, 0.29) is 5.56 Å². The van der Waals surface area contributed by atoms with Gasteiger partial charge >= 0.3 is 0 Å². The van der Waals surface area contributed by atoms with E-state index in [4.69, 9.17) is 9.72 Å². The Morgan fingerprint density at radius 3 is 3.03 bits per heavy atom. The molecular formula is C22H23N5O2S3. The molecule has 32 heavy (non-hydrogen) atoms. The molecule has 1 atom stereocenters. The first kappa shape index (κ1) is 21.4. The van der Waals surface area contributed by atoms with Crippen LogP contribution in [0, 0.1) is 5.92 Å². The number of ether oxygens (including phenoxy) is 1. The fourth-order valence-electron chi connectivity index (χ4n) is 3.88. The zero-order chi connectivity index (χ0) is 22.1. The lowest BCUT2D eigenvalue weighted by molar-refractivity contribution is 0.342. The molecule has 166 valence electrons. The zero-order valence-corrected chi connectivity index (χ0v) is 20.3. The van der Waals surface area contributed by atoms with E-state index in [0.29, 0.717) is 29.2 Å². The molecule has 2 N–H and O–H groups in total. The predicted octanol–water partition coefficient (Wildman–Crippen LogP) is 5.40. The van der Waals surface area contributed by atoms with Gasteiger partial charge < -0.3 is 15.0 Å². The van der Waals surface area contributed by atoms with Gasteiger partial charge in [-0.05, 0) is 49.8 Å². The molecule has 5 rings (SSSR count). The molecular weight excluding hydrogens is 462 g/mol. The lowest BCUT2D eigenvalue weighted by Gasteiger charge is -2.17. The van der Waals surface area contributed by atoms with Crippen molar-refractivity contribution in [1.29, 1.82) is 0 Å². The highest BCUT2D eigenvalue weighted by Gasteiger charge is 2.23. The zero-order valence-electron chi connectivity index (χ0n) is 17.8. The summed E-state index contributed by atoms with van der Waals surface area (Å²) in [7, 11) is 0. The van der Waals surface area contributed by atoms with E-state index in [1.165, 1.54) is 33.5 Å². The second-order valence-electron chi connectivity index (χ2n) is 7.76. The second kappa shape index (κ2) is 9.21. The summed E-state index contributed by atoms with van der Waals surface area (Å²) in [6, 6.07) is 7.75. The van der Waals surface area contributed by atoms with Crippen molar-refractivity contribution < 1.29 is 4.74 Å². The molecule has 3 aromatic heterocycles. The maximum atomic E-state index is 12.8. The molecule has 7 nitrogen and oxygen atoms in total. The molecule has 0 bridgehead atoms. The van der Waals surface area contributed by atoms with Gasteiger partial charge in [0, 0.05) is 4.88 Å². The van der Waals surface area contributed by atoms with Crippen molar-refractivity contribution in [2.24, 2.45) is 5.92 Å². The lowest BCUT2D eigenvalue weighted by atomic mass is 9.89. The third kappa shape index (κ3) is 4.39. The summed E-state index contributed by atoms with van der Waals surface area (Å²) in [5.74, 6) is 2.66. The average molecular weight is 486 g/mol. The summed E-state index contributed by atoms with van der Waals surface area (Å²) in [5.41, 5.74) is 2.04. The Morgan fingerprint density at radius 2 is 2.16 bits per heavy atom. The Balaban J connectivity index is 1.29. The van der Waals surface area contributed by atoms with Crippen LogP contribution in [0.2, 0.25) is 0 Å². The summed E-state index contributed by atoms with van der Waals surface area (Å²) in [5, 5.41) is 13.3. The number of para-hydroxylation sites is 2.